The lowest BCUT2D eigenvalue weighted by Gasteiger charge is -2.09. The van der Waals surface area contributed by atoms with Crippen molar-refractivity contribution in [3.63, 3.8) is 0 Å². The van der Waals surface area contributed by atoms with Gasteiger partial charge in [0, 0.05) is 12.2 Å². The molecule has 0 fully saturated rings. The fourth-order valence-electron chi connectivity index (χ4n) is 1.50. The summed E-state index contributed by atoms with van der Waals surface area (Å²) in [6.07, 6.45) is 0.766. The third-order valence-corrected chi connectivity index (χ3v) is 4.10. The van der Waals surface area contributed by atoms with Gasteiger partial charge in [-0.3, -0.25) is 0 Å². The summed E-state index contributed by atoms with van der Waals surface area (Å²) in [5.41, 5.74) is 6.95. The maximum atomic E-state index is 11.9. The van der Waals surface area contributed by atoms with E-state index in [1.165, 1.54) is 6.07 Å². The Balaban J connectivity index is 2.66. The SMILES string of the molecule is Cc1cc(S(=O)(=O)NCCCC(C)O)ccc1N. The van der Waals surface area contributed by atoms with Gasteiger partial charge in [0.05, 0.1) is 11.0 Å². The third-order valence-electron chi connectivity index (χ3n) is 2.64. The van der Waals surface area contributed by atoms with Gasteiger partial charge in [-0.2, -0.15) is 0 Å². The molecule has 1 aromatic carbocycles. The molecule has 0 saturated carbocycles. The second-order valence-electron chi connectivity index (χ2n) is 4.41. The molecule has 0 spiro atoms. The number of benzene rings is 1. The first-order chi connectivity index (χ1) is 8.33. The molecule has 18 heavy (non-hydrogen) atoms. The molecular formula is C12H20N2O3S. The van der Waals surface area contributed by atoms with Crippen molar-refractivity contribution < 1.29 is 13.5 Å². The van der Waals surface area contributed by atoms with Crippen LogP contribution in [0.5, 0.6) is 0 Å². The molecule has 5 nitrogen and oxygen atoms in total. The van der Waals surface area contributed by atoms with E-state index in [1.54, 1.807) is 26.0 Å². The first-order valence-corrected chi connectivity index (χ1v) is 7.35. The van der Waals surface area contributed by atoms with Crippen molar-refractivity contribution in [3.8, 4) is 0 Å². The van der Waals surface area contributed by atoms with Crippen molar-refractivity contribution >= 4 is 15.7 Å². The zero-order chi connectivity index (χ0) is 13.8. The van der Waals surface area contributed by atoms with Gasteiger partial charge in [0.15, 0.2) is 0 Å². The molecule has 1 unspecified atom stereocenters. The van der Waals surface area contributed by atoms with Crippen LogP contribution in [-0.2, 0) is 10.0 Å². The number of hydrogen-bond donors (Lipinski definition) is 3. The van der Waals surface area contributed by atoms with Gasteiger partial charge in [-0.15, -0.1) is 0 Å². The Labute approximate surface area is 108 Å². The van der Waals surface area contributed by atoms with Crippen LogP contribution in [0.3, 0.4) is 0 Å². The molecule has 0 aromatic heterocycles. The number of anilines is 1. The van der Waals surface area contributed by atoms with Gasteiger partial charge in [0.1, 0.15) is 0 Å². The minimum absolute atomic E-state index is 0.214. The van der Waals surface area contributed by atoms with Crippen molar-refractivity contribution in [3.05, 3.63) is 23.8 Å². The first-order valence-electron chi connectivity index (χ1n) is 5.87. The normalized spacial score (nSPS) is 13.5. The molecule has 1 atom stereocenters. The van der Waals surface area contributed by atoms with Crippen LogP contribution >= 0.6 is 0 Å². The molecule has 0 aliphatic heterocycles. The Morgan fingerprint density at radius 1 is 1.44 bits per heavy atom. The van der Waals surface area contributed by atoms with Crippen molar-refractivity contribution in [2.24, 2.45) is 0 Å². The van der Waals surface area contributed by atoms with E-state index < -0.39 is 16.1 Å². The zero-order valence-electron chi connectivity index (χ0n) is 10.7. The lowest BCUT2D eigenvalue weighted by molar-refractivity contribution is 0.182. The number of nitrogens with two attached hydrogens (primary N) is 1. The monoisotopic (exact) mass is 272 g/mol. The van der Waals surface area contributed by atoms with Crippen LogP contribution in [0.4, 0.5) is 5.69 Å². The highest BCUT2D eigenvalue weighted by Gasteiger charge is 2.13. The van der Waals surface area contributed by atoms with Crippen molar-refractivity contribution in [1.82, 2.24) is 4.72 Å². The Hall–Kier alpha value is -1.11. The van der Waals surface area contributed by atoms with E-state index in [0.717, 1.165) is 5.56 Å². The quantitative estimate of drug-likeness (QED) is 0.532. The average molecular weight is 272 g/mol. The van der Waals surface area contributed by atoms with Crippen LogP contribution in [0.1, 0.15) is 25.3 Å². The predicted octanol–water partition coefficient (Wildman–Crippen LogP) is 1.02. The van der Waals surface area contributed by atoms with Crippen LogP contribution < -0.4 is 10.5 Å². The first kappa shape index (κ1) is 14.9. The standard InChI is InChI=1S/C12H20N2O3S/c1-9-8-11(5-6-12(9)13)18(16,17)14-7-3-4-10(2)15/h5-6,8,10,14-15H,3-4,7,13H2,1-2H3. The van der Waals surface area contributed by atoms with Gasteiger partial charge in [0.2, 0.25) is 10.0 Å². The molecular weight excluding hydrogens is 252 g/mol. The van der Waals surface area contributed by atoms with E-state index in [-0.39, 0.29) is 4.90 Å². The Morgan fingerprint density at radius 3 is 2.67 bits per heavy atom. The molecule has 1 aromatic rings. The lowest BCUT2D eigenvalue weighted by Crippen LogP contribution is -2.25. The van der Waals surface area contributed by atoms with Gasteiger partial charge in [-0.1, -0.05) is 0 Å². The summed E-state index contributed by atoms with van der Waals surface area (Å²) in [5.74, 6) is 0. The van der Waals surface area contributed by atoms with Crippen molar-refractivity contribution in [1.29, 1.82) is 0 Å². The molecule has 4 N–H and O–H groups in total. The maximum Gasteiger partial charge on any atom is 0.240 e. The zero-order valence-corrected chi connectivity index (χ0v) is 11.5. The largest absolute Gasteiger partial charge is 0.399 e. The summed E-state index contributed by atoms with van der Waals surface area (Å²) in [6.45, 7) is 3.76. The second kappa shape index (κ2) is 6.17. The van der Waals surface area contributed by atoms with Crippen LogP contribution in [0, 0.1) is 6.92 Å². The van der Waals surface area contributed by atoms with Gasteiger partial charge in [-0.05, 0) is 50.5 Å². The summed E-state index contributed by atoms with van der Waals surface area (Å²) in [7, 11) is -3.48. The van der Waals surface area contributed by atoms with Crippen LogP contribution in [-0.4, -0.2) is 26.2 Å². The maximum absolute atomic E-state index is 11.9. The predicted molar refractivity (Wildman–Crippen MR) is 71.7 cm³/mol. The number of aliphatic hydroxyl groups excluding tert-OH is 1. The number of aliphatic hydroxyl groups is 1. The number of aryl methyl sites for hydroxylation is 1. The van der Waals surface area contributed by atoms with E-state index in [2.05, 4.69) is 4.72 Å². The van der Waals surface area contributed by atoms with Gasteiger partial charge >= 0.3 is 0 Å². The summed E-state index contributed by atoms with van der Waals surface area (Å²) < 4.78 is 26.3. The van der Waals surface area contributed by atoms with Crippen molar-refractivity contribution in [2.45, 2.75) is 37.7 Å². The molecule has 6 heteroatoms. The molecule has 0 aliphatic carbocycles. The minimum atomic E-state index is -3.48. The topological polar surface area (TPSA) is 92.4 Å². The molecule has 0 bridgehead atoms. The van der Waals surface area contributed by atoms with E-state index in [9.17, 15) is 8.42 Å². The van der Waals surface area contributed by atoms with Gasteiger partial charge in [-0.25, -0.2) is 13.1 Å². The van der Waals surface area contributed by atoms with Crippen molar-refractivity contribution in [2.75, 3.05) is 12.3 Å². The summed E-state index contributed by atoms with van der Waals surface area (Å²) in [6, 6.07) is 4.62. The number of nitrogens with one attached hydrogen (secondary N) is 1. The molecule has 0 saturated heterocycles. The number of nitrogen functional groups attached to an aromatic ring is 1. The Kier molecular flexibility index (Phi) is 5.13. The third kappa shape index (κ3) is 4.29. The Bertz CT molecular complexity index is 498. The number of sulfonamides is 1. The van der Waals surface area contributed by atoms with Crippen LogP contribution in [0.15, 0.2) is 23.1 Å². The fraction of sp³-hybridized carbons (Fsp3) is 0.500. The smallest absolute Gasteiger partial charge is 0.240 e. The van der Waals surface area contributed by atoms with Gasteiger partial charge < -0.3 is 10.8 Å². The van der Waals surface area contributed by atoms with Crippen LogP contribution in [0.2, 0.25) is 0 Å². The molecule has 0 heterocycles. The van der Waals surface area contributed by atoms with Gasteiger partial charge in [0.25, 0.3) is 0 Å². The minimum Gasteiger partial charge on any atom is -0.399 e. The second-order valence-corrected chi connectivity index (χ2v) is 6.17. The number of rotatable bonds is 6. The highest BCUT2D eigenvalue weighted by atomic mass is 32.2. The summed E-state index contributed by atoms with van der Waals surface area (Å²) in [4.78, 5) is 0.214. The van der Waals surface area contributed by atoms with E-state index in [4.69, 9.17) is 10.8 Å². The summed E-state index contributed by atoms with van der Waals surface area (Å²) >= 11 is 0. The van der Waals surface area contributed by atoms with E-state index in [0.29, 0.717) is 25.1 Å². The summed E-state index contributed by atoms with van der Waals surface area (Å²) in [5, 5.41) is 9.07. The fourth-order valence-corrected chi connectivity index (χ4v) is 2.66. The average Bonchev–Trinajstić information content (AvgIpc) is 2.28. The molecule has 0 aliphatic rings. The molecule has 102 valence electrons. The highest BCUT2D eigenvalue weighted by Crippen LogP contribution is 2.16. The molecule has 1 rings (SSSR count). The number of hydrogen-bond acceptors (Lipinski definition) is 4. The lowest BCUT2D eigenvalue weighted by atomic mass is 10.2. The Morgan fingerprint density at radius 2 is 2.11 bits per heavy atom. The van der Waals surface area contributed by atoms with E-state index >= 15 is 0 Å². The van der Waals surface area contributed by atoms with Crippen LogP contribution in [0.25, 0.3) is 0 Å². The highest BCUT2D eigenvalue weighted by molar-refractivity contribution is 7.89. The molecule has 0 amide bonds. The van der Waals surface area contributed by atoms with E-state index in [1.807, 2.05) is 0 Å². The molecule has 0 radical (unpaired) electrons.